The molecule has 0 atom stereocenters. The molecule has 0 N–H and O–H groups in total. The second-order valence-corrected chi connectivity index (χ2v) is 5.64. The van der Waals surface area contributed by atoms with E-state index in [4.69, 9.17) is 0 Å². The molecule has 3 heteroatoms. The molecule has 3 nitrogen and oxygen atoms in total. The SMILES string of the molecule is C/C=C(/C)c1ccc(-n2c3ccncc3c3cnccc32)cc1. The molecule has 4 aromatic rings. The van der Waals surface area contributed by atoms with Gasteiger partial charge in [0.25, 0.3) is 0 Å². The number of aromatic nitrogens is 3. The Balaban J connectivity index is 2.00. The molecule has 0 unspecified atom stereocenters. The van der Waals surface area contributed by atoms with E-state index < -0.39 is 0 Å². The van der Waals surface area contributed by atoms with E-state index in [-0.39, 0.29) is 0 Å². The number of allylic oxidation sites excluding steroid dienone is 2. The van der Waals surface area contributed by atoms with Gasteiger partial charge >= 0.3 is 0 Å². The van der Waals surface area contributed by atoms with Gasteiger partial charge in [0.15, 0.2) is 0 Å². The summed E-state index contributed by atoms with van der Waals surface area (Å²) in [6, 6.07) is 12.8. The van der Waals surface area contributed by atoms with Crippen LogP contribution in [0.3, 0.4) is 0 Å². The molecule has 0 saturated carbocycles. The van der Waals surface area contributed by atoms with E-state index in [1.807, 2.05) is 24.8 Å². The van der Waals surface area contributed by atoms with Crippen molar-refractivity contribution in [3.63, 3.8) is 0 Å². The van der Waals surface area contributed by atoms with Gasteiger partial charge in [-0.3, -0.25) is 9.97 Å². The number of rotatable bonds is 2. The number of pyridine rings is 2. The number of fused-ring (bicyclic) bond motifs is 3. The molecule has 0 saturated heterocycles. The van der Waals surface area contributed by atoms with E-state index >= 15 is 0 Å². The summed E-state index contributed by atoms with van der Waals surface area (Å²) in [7, 11) is 0. The van der Waals surface area contributed by atoms with Gasteiger partial charge in [-0.25, -0.2) is 0 Å². The Morgan fingerprint density at radius 1 is 0.870 bits per heavy atom. The predicted molar refractivity (Wildman–Crippen MR) is 95.7 cm³/mol. The zero-order valence-electron chi connectivity index (χ0n) is 13.2. The highest BCUT2D eigenvalue weighted by atomic mass is 15.0. The molecular formula is C20H17N3. The van der Waals surface area contributed by atoms with E-state index in [2.05, 4.69) is 70.9 Å². The van der Waals surface area contributed by atoms with Crippen molar-refractivity contribution in [2.45, 2.75) is 13.8 Å². The highest BCUT2D eigenvalue weighted by molar-refractivity contribution is 6.08. The van der Waals surface area contributed by atoms with Crippen LogP contribution in [-0.4, -0.2) is 14.5 Å². The smallest absolute Gasteiger partial charge is 0.0572 e. The van der Waals surface area contributed by atoms with Gasteiger partial charge in [-0.2, -0.15) is 0 Å². The molecule has 0 fully saturated rings. The fourth-order valence-corrected chi connectivity index (χ4v) is 3.03. The molecule has 0 amide bonds. The standard InChI is InChI=1S/C20H17N3/c1-3-14(2)15-4-6-16(7-5-15)23-19-8-10-21-12-17(19)18-13-22-11-9-20(18)23/h3-13H,1-2H3/b14-3-. The second kappa shape index (κ2) is 5.36. The first kappa shape index (κ1) is 13.7. The molecule has 1 aromatic carbocycles. The van der Waals surface area contributed by atoms with Crippen LogP contribution in [0.15, 0.2) is 67.3 Å². The Morgan fingerprint density at radius 3 is 1.96 bits per heavy atom. The average molecular weight is 299 g/mol. The van der Waals surface area contributed by atoms with Crippen molar-refractivity contribution >= 4 is 27.4 Å². The van der Waals surface area contributed by atoms with Crippen LogP contribution in [0.5, 0.6) is 0 Å². The maximum absolute atomic E-state index is 4.27. The molecule has 0 bridgehead atoms. The van der Waals surface area contributed by atoms with Crippen molar-refractivity contribution < 1.29 is 0 Å². The molecule has 4 rings (SSSR count). The van der Waals surface area contributed by atoms with Crippen LogP contribution in [0, 0.1) is 0 Å². The average Bonchev–Trinajstić information content (AvgIpc) is 2.96. The second-order valence-electron chi connectivity index (χ2n) is 5.64. The van der Waals surface area contributed by atoms with Gasteiger partial charge in [0.2, 0.25) is 0 Å². The molecule has 23 heavy (non-hydrogen) atoms. The van der Waals surface area contributed by atoms with E-state index in [1.54, 1.807) is 0 Å². The van der Waals surface area contributed by atoms with Gasteiger partial charge in [0.1, 0.15) is 0 Å². The molecule has 0 aliphatic carbocycles. The number of nitrogens with zero attached hydrogens (tertiary/aromatic N) is 3. The molecule has 0 aliphatic heterocycles. The summed E-state index contributed by atoms with van der Waals surface area (Å²) in [6.45, 7) is 4.20. The normalized spacial score (nSPS) is 12.2. The molecular weight excluding hydrogens is 282 g/mol. The summed E-state index contributed by atoms with van der Waals surface area (Å²) in [6.07, 6.45) is 9.63. The Morgan fingerprint density at radius 2 is 1.43 bits per heavy atom. The third-order valence-electron chi connectivity index (χ3n) is 4.38. The summed E-state index contributed by atoms with van der Waals surface area (Å²) in [5.41, 5.74) is 5.99. The van der Waals surface area contributed by atoms with Crippen LogP contribution in [0.2, 0.25) is 0 Å². The van der Waals surface area contributed by atoms with Crippen molar-refractivity contribution in [3.05, 3.63) is 72.8 Å². The van der Waals surface area contributed by atoms with E-state index in [1.165, 1.54) is 11.1 Å². The van der Waals surface area contributed by atoms with Gasteiger partial charge < -0.3 is 4.57 Å². The lowest BCUT2D eigenvalue weighted by Gasteiger charge is -2.09. The molecule has 112 valence electrons. The van der Waals surface area contributed by atoms with Crippen molar-refractivity contribution in [1.29, 1.82) is 0 Å². The summed E-state index contributed by atoms with van der Waals surface area (Å²) in [5, 5.41) is 2.26. The maximum atomic E-state index is 4.27. The topological polar surface area (TPSA) is 30.7 Å². The first-order chi connectivity index (χ1) is 11.3. The van der Waals surface area contributed by atoms with E-state index in [0.717, 1.165) is 27.5 Å². The summed E-state index contributed by atoms with van der Waals surface area (Å²) < 4.78 is 2.27. The minimum atomic E-state index is 1.13. The molecule has 3 aromatic heterocycles. The van der Waals surface area contributed by atoms with Crippen LogP contribution in [0.4, 0.5) is 0 Å². The van der Waals surface area contributed by atoms with Gasteiger partial charge in [-0.1, -0.05) is 18.2 Å². The minimum absolute atomic E-state index is 1.13. The maximum Gasteiger partial charge on any atom is 0.0572 e. The van der Waals surface area contributed by atoms with Crippen LogP contribution in [-0.2, 0) is 0 Å². The van der Waals surface area contributed by atoms with E-state index in [0.29, 0.717) is 0 Å². The number of hydrogen-bond donors (Lipinski definition) is 0. The van der Waals surface area contributed by atoms with Crippen molar-refractivity contribution in [2.24, 2.45) is 0 Å². The van der Waals surface area contributed by atoms with Crippen LogP contribution in [0.1, 0.15) is 19.4 Å². The third-order valence-corrected chi connectivity index (χ3v) is 4.38. The Labute approximate surface area is 134 Å². The fraction of sp³-hybridized carbons (Fsp3) is 0.100. The predicted octanol–water partition coefficient (Wildman–Crippen LogP) is 5.00. The number of hydrogen-bond acceptors (Lipinski definition) is 2. The lowest BCUT2D eigenvalue weighted by atomic mass is 10.1. The van der Waals surface area contributed by atoms with Gasteiger partial charge in [0.05, 0.1) is 11.0 Å². The monoisotopic (exact) mass is 299 g/mol. The van der Waals surface area contributed by atoms with E-state index in [9.17, 15) is 0 Å². The highest BCUT2D eigenvalue weighted by Crippen LogP contribution is 2.31. The minimum Gasteiger partial charge on any atom is -0.309 e. The number of benzene rings is 1. The third kappa shape index (κ3) is 2.13. The van der Waals surface area contributed by atoms with Crippen LogP contribution in [0.25, 0.3) is 33.1 Å². The lowest BCUT2D eigenvalue weighted by molar-refractivity contribution is 1.17. The van der Waals surface area contributed by atoms with Crippen molar-refractivity contribution in [3.8, 4) is 5.69 Å². The van der Waals surface area contributed by atoms with Crippen LogP contribution < -0.4 is 0 Å². The summed E-state index contributed by atoms with van der Waals surface area (Å²) in [5.74, 6) is 0. The Hall–Kier alpha value is -2.94. The van der Waals surface area contributed by atoms with Crippen LogP contribution >= 0.6 is 0 Å². The zero-order chi connectivity index (χ0) is 15.8. The Bertz CT molecular complexity index is 971. The molecule has 0 aliphatic rings. The largest absolute Gasteiger partial charge is 0.309 e. The first-order valence-corrected chi connectivity index (χ1v) is 7.71. The highest BCUT2D eigenvalue weighted by Gasteiger charge is 2.11. The summed E-state index contributed by atoms with van der Waals surface area (Å²) in [4.78, 5) is 8.54. The Kier molecular flexibility index (Phi) is 3.19. The molecule has 0 spiro atoms. The van der Waals surface area contributed by atoms with Gasteiger partial charge in [-0.05, 0) is 49.2 Å². The van der Waals surface area contributed by atoms with Gasteiger partial charge in [0, 0.05) is 41.2 Å². The van der Waals surface area contributed by atoms with Crippen molar-refractivity contribution in [2.75, 3.05) is 0 Å². The fourth-order valence-electron chi connectivity index (χ4n) is 3.03. The quantitative estimate of drug-likeness (QED) is 0.521. The lowest BCUT2D eigenvalue weighted by Crippen LogP contribution is -1.94. The van der Waals surface area contributed by atoms with Crippen molar-refractivity contribution in [1.82, 2.24) is 14.5 Å². The molecule has 3 heterocycles. The first-order valence-electron chi connectivity index (χ1n) is 7.71. The zero-order valence-corrected chi connectivity index (χ0v) is 13.2. The van der Waals surface area contributed by atoms with Gasteiger partial charge in [-0.15, -0.1) is 0 Å². The molecule has 0 radical (unpaired) electrons. The summed E-state index contributed by atoms with van der Waals surface area (Å²) >= 11 is 0.